The van der Waals surface area contributed by atoms with Crippen LogP contribution in [-0.4, -0.2) is 17.7 Å². The average molecular weight is 407 g/mol. The molecule has 2 atom stereocenters. The largest absolute Gasteiger partial charge is 0.352 e. The smallest absolute Gasteiger partial charge is 0.223 e. The Hall–Kier alpha value is -1.88. The lowest BCUT2D eigenvalue weighted by atomic mass is 9.96. The van der Waals surface area contributed by atoms with Gasteiger partial charge in [-0.1, -0.05) is 60.5 Å². The van der Waals surface area contributed by atoms with Crippen LogP contribution in [0.15, 0.2) is 48.5 Å². The number of hydrogen-bond acceptors (Lipinski definition) is 3. The molecule has 0 saturated carbocycles. The molecule has 27 heavy (non-hydrogen) atoms. The summed E-state index contributed by atoms with van der Waals surface area (Å²) in [6.07, 6.45) is 1.42. The van der Waals surface area contributed by atoms with Crippen LogP contribution in [0.2, 0.25) is 10.0 Å². The van der Waals surface area contributed by atoms with Gasteiger partial charge >= 0.3 is 0 Å². The van der Waals surface area contributed by atoms with Gasteiger partial charge < -0.3 is 11.1 Å². The Morgan fingerprint density at radius 1 is 1.11 bits per heavy atom. The van der Waals surface area contributed by atoms with Crippen LogP contribution in [0.25, 0.3) is 0 Å². The zero-order chi connectivity index (χ0) is 19.8. The van der Waals surface area contributed by atoms with E-state index < -0.39 is 12.0 Å². The molecule has 0 aromatic heterocycles. The number of benzene rings is 2. The van der Waals surface area contributed by atoms with Crippen molar-refractivity contribution < 1.29 is 9.59 Å². The number of nitrogens with one attached hydrogen (secondary N) is 1. The van der Waals surface area contributed by atoms with E-state index in [2.05, 4.69) is 5.32 Å². The lowest BCUT2D eigenvalue weighted by Crippen LogP contribution is -2.36. The summed E-state index contributed by atoms with van der Waals surface area (Å²) in [7, 11) is 0. The number of ketones is 1. The fourth-order valence-corrected chi connectivity index (χ4v) is 3.09. The van der Waals surface area contributed by atoms with E-state index in [1.165, 1.54) is 0 Å². The molecule has 0 aliphatic carbocycles. The highest BCUT2D eigenvalue weighted by Gasteiger charge is 2.21. The van der Waals surface area contributed by atoms with Gasteiger partial charge in [0.1, 0.15) is 5.78 Å². The van der Waals surface area contributed by atoms with Crippen molar-refractivity contribution in [3.8, 4) is 0 Å². The molecule has 0 radical (unpaired) electrons. The third-order valence-corrected chi connectivity index (χ3v) is 5.02. The number of amides is 1. The van der Waals surface area contributed by atoms with Crippen LogP contribution < -0.4 is 11.1 Å². The Kier molecular flexibility index (Phi) is 8.29. The summed E-state index contributed by atoms with van der Waals surface area (Å²) >= 11 is 12.0. The van der Waals surface area contributed by atoms with E-state index in [4.69, 9.17) is 28.9 Å². The van der Waals surface area contributed by atoms with Crippen LogP contribution in [0.5, 0.6) is 0 Å². The molecular formula is C21H24Cl2N2O2. The van der Waals surface area contributed by atoms with Gasteiger partial charge in [0.2, 0.25) is 5.91 Å². The van der Waals surface area contributed by atoms with E-state index in [0.29, 0.717) is 16.5 Å². The summed E-state index contributed by atoms with van der Waals surface area (Å²) in [4.78, 5) is 24.6. The van der Waals surface area contributed by atoms with Gasteiger partial charge in [-0.15, -0.1) is 0 Å². The molecule has 4 nitrogen and oxygen atoms in total. The summed E-state index contributed by atoms with van der Waals surface area (Å²) < 4.78 is 0. The molecule has 6 heteroatoms. The van der Waals surface area contributed by atoms with Crippen molar-refractivity contribution >= 4 is 34.9 Å². The Bertz CT molecular complexity index is 781. The molecule has 1 amide bonds. The first kappa shape index (κ1) is 21.4. The second kappa shape index (κ2) is 10.5. The summed E-state index contributed by atoms with van der Waals surface area (Å²) in [5.41, 5.74) is 7.88. The van der Waals surface area contributed by atoms with Gasteiger partial charge in [0, 0.05) is 28.9 Å². The van der Waals surface area contributed by atoms with Gasteiger partial charge in [-0.25, -0.2) is 0 Å². The highest BCUT2D eigenvalue weighted by Crippen LogP contribution is 2.20. The van der Waals surface area contributed by atoms with Crippen LogP contribution in [0.3, 0.4) is 0 Å². The first-order valence-corrected chi connectivity index (χ1v) is 9.66. The monoisotopic (exact) mass is 406 g/mol. The van der Waals surface area contributed by atoms with Crippen LogP contribution in [0, 0.1) is 5.92 Å². The van der Waals surface area contributed by atoms with E-state index in [1.807, 2.05) is 30.3 Å². The first-order valence-electron chi connectivity index (χ1n) is 8.90. The highest BCUT2D eigenvalue weighted by atomic mass is 35.5. The molecule has 0 aliphatic rings. The molecule has 0 aliphatic heterocycles. The maximum atomic E-state index is 12.3. The van der Waals surface area contributed by atoms with Gasteiger partial charge in [-0.3, -0.25) is 9.59 Å². The molecule has 0 unspecified atom stereocenters. The minimum atomic E-state index is -0.567. The zero-order valence-electron chi connectivity index (χ0n) is 15.3. The molecule has 0 bridgehead atoms. The molecule has 2 aromatic carbocycles. The van der Waals surface area contributed by atoms with Crippen molar-refractivity contribution in [1.29, 1.82) is 0 Å². The predicted molar refractivity (Wildman–Crippen MR) is 110 cm³/mol. The van der Waals surface area contributed by atoms with Gasteiger partial charge in [-0.2, -0.15) is 0 Å². The Labute approximate surface area is 170 Å². The second-order valence-corrected chi connectivity index (χ2v) is 7.50. The maximum Gasteiger partial charge on any atom is 0.223 e. The minimum Gasteiger partial charge on any atom is -0.352 e. The van der Waals surface area contributed by atoms with Crippen molar-refractivity contribution in [2.24, 2.45) is 11.7 Å². The number of aryl methyl sites for hydroxylation is 1. The van der Waals surface area contributed by atoms with Crippen LogP contribution >= 0.6 is 23.2 Å². The standard InChI is InChI=1S/C21H24Cl2N2O2/c1-14(21(27)25-13-16-12-17(22)8-9-18(16)23)11-20(26)19(24)10-7-15-5-3-2-4-6-15/h2-6,8-9,12,14,19H,7,10-11,13,24H2,1H3,(H,25,27)/t14-,19-/m1/s1. The molecule has 3 N–H and O–H groups in total. The Morgan fingerprint density at radius 3 is 2.52 bits per heavy atom. The summed E-state index contributed by atoms with van der Waals surface area (Å²) in [5, 5.41) is 3.88. The fraction of sp³-hybridized carbons (Fsp3) is 0.333. The summed E-state index contributed by atoms with van der Waals surface area (Å²) in [6, 6.07) is 14.4. The lowest BCUT2D eigenvalue weighted by Gasteiger charge is -2.15. The zero-order valence-corrected chi connectivity index (χ0v) is 16.8. The second-order valence-electron chi connectivity index (χ2n) is 6.66. The molecular weight excluding hydrogens is 383 g/mol. The van der Waals surface area contributed by atoms with Crippen molar-refractivity contribution in [2.45, 2.75) is 38.8 Å². The third kappa shape index (κ3) is 6.98. The van der Waals surface area contributed by atoms with Crippen molar-refractivity contribution in [1.82, 2.24) is 5.32 Å². The van der Waals surface area contributed by atoms with E-state index in [1.54, 1.807) is 25.1 Å². The molecule has 144 valence electrons. The van der Waals surface area contributed by atoms with Gasteiger partial charge in [0.15, 0.2) is 0 Å². The van der Waals surface area contributed by atoms with Gasteiger partial charge in [0.25, 0.3) is 0 Å². The normalized spacial score (nSPS) is 13.0. The van der Waals surface area contributed by atoms with E-state index in [-0.39, 0.29) is 24.7 Å². The molecule has 2 aromatic rings. The molecule has 0 spiro atoms. The molecule has 0 heterocycles. The number of rotatable bonds is 9. The minimum absolute atomic E-state index is 0.102. The molecule has 0 saturated heterocycles. The number of Topliss-reactive ketones (excluding diaryl/α,β-unsaturated/α-hetero) is 1. The number of carbonyl (C=O) groups is 2. The molecule has 0 fully saturated rings. The quantitative estimate of drug-likeness (QED) is 0.656. The lowest BCUT2D eigenvalue weighted by molar-refractivity contribution is -0.129. The first-order chi connectivity index (χ1) is 12.9. The average Bonchev–Trinajstić information content (AvgIpc) is 2.67. The summed E-state index contributed by atoms with van der Waals surface area (Å²) in [6.45, 7) is 1.98. The van der Waals surface area contributed by atoms with E-state index in [9.17, 15) is 9.59 Å². The summed E-state index contributed by atoms with van der Waals surface area (Å²) in [5.74, 6) is -0.776. The van der Waals surface area contributed by atoms with Crippen LogP contribution in [-0.2, 0) is 22.6 Å². The van der Waals surface area contributed by atoms with Crippen molar-refractivity contribution in [3.05, 3.63) is 69.7 Å². The number of hydrogen-bond donors (Lipinski definition) is 2. The Balaban J connectivity index is 1.78. The SMILES string of the molecule is C[C@H](CC(=O)[C@H](N)CCc1ccccc1)C(=O)NCc1cc(Cl)ccc1Cl. The predicted octanol–water partition coefficient (Wildman–Crippen LogP) is 4.17. The van der Waals surface area contributed by atoms with Crippen LogP contribution in [0.4, 0.5) is 0 Å². The van der Waals surface area contributed by atoms with Crippen molar-refractivity contribution in [2.75, 3.05) is 0 Å². The number of halogens is 2. The Morgan fingerprint density at radius 2 is 1.81 bits per heavy atom. The van der Waals surface area contributed by atoms with E-state index >= 15 is 0 Å². The van der Waals surface area contributed by atoms with Gasteiger partial charge in [0.05, 0.1) is 6.04 Å². The van der Waals surface area contributed by atoms with Crippen molar-refractivity contribution in [3.63, 3.8) is 0 Å². The molecule has 2 rings (SSSR count). The topological polar surface area (TPSA) is 72.2 Å². The third-order valence-electron chi connectivity index (χ3n) is 4.42. The maximum absolute atomic E-state index is 12.3. The fourth-order valence-electron chi connectivity index (χ4n) is 2.71. The highest BCUT2D eigenvalue weighted by molar-refractivity contribution is 6.33. The van der Waals surface area contributed by atoms with E-state index in [0.717, 1.165) is 17.5 Å². The van der Waals surface area contributed by atoms with Gasteiger partial charge in [-0.05, 0) is 42.2 Å². The number of nitrogens with two attached hydrogens (primary N) is 1. The number of carbonyl (C=O) groups excluding carboxylic acids is 2. The van der Waals surface area contributed by atoms with Crippen LogP contribution in [0.1, 0.15) is 30.9 Å².